The average molecular weight is 511 g/mol. The van der Waals surface area contributed by atoms with Crippen molar-refractivity contribution < 1.29 is 9.59 Å². The summed E-state index contributed by atoms with van der Waals surface area (Å²) in [6, 6.07) is 7.52. The number of urea groups is 1. The Morgan fingerprint density at radius 3 is 2.62 bits per heavy atom. The topological polar surface area (TPSA) is 99.8 Å². The van der Waals surface area contributed by atoms with Crippen LogP contribution in [0.15, 0.2) is 29.3 Å². The van der Waals surface area contributed by atoms with Crippen LogP contribution in [-0.2, 0) is 11.3 Å². The molecule has 8 heteroatoms. The van der Waals surface area contributed by atoms with Crippen molar-refractivity contribution in [3.8, 4) is 0 Å². The third-order valence-electron chi connectivity index (χ3n) is 6.18. The highest BCUT2D eigenvalue weighted by Crippen LogP contribution is 2.37. The van der Waals surface area contributed by atoms with Crippen molar-refractivity contribution in [1.82, 2.24) is 10.6 Å². The Kier molecular flexibility index (Phi) is 7.02. The number of guanidine groups is 1. The van der Waals surface area contributed by atoms with E-state index in [1.54, 1.807) is 6.07 Å². The minimum absolute atomic E-state index is 0. The minimum atomic E-state index is -0.695. The van der Waals surface area contributed by atoms with Gasteiger partial charge in [-0.2, -0.15) is 0 Å². The Morgan fingerprint density at radius 2 is 1.90 bits per heavy atom. The second kappa shape index (κ2) is 9.32. The van der Waals surface area contributed by atoms with Gasteiger partial charge in [-0.25, -0.2) is 14.7 Å². The Labute approximate surface area is 188 Å². The maximum Gasteiger partial charge on any atom is 0.329 e. The van der Waals surface area contributed by atoms with E-state index in [0.29, 0.717) is 24.2 Å². The lowest BCUT2D eigenvalue weighted by Gasteiger charge is -2.23. The van der Waals surface area contributed by atoms with Gasteiger partial charge < -0.3 is 16.4 Å². The molecular weight excluding hydrogens is 481 g/mol. The van der Waals surface area contributed by atoms with Gasteiger partial charge in [0, 0.05) is 6.04 Å². The molecule has 7 nitrogen and oxygen atoms in total. The SMILES string of the molecule is I.NC(=NCc1cccc(N2C(=O)NC3(CCCC3)C2=O)c1)NC1CCCCC1. The molecule has 0 atom stereocenters. The van der Waals surface area contributed by atoms with Gasteiger partial charge >= 0.3 is 6.03 Å². The Morgan fingerprint density at radius 1 is 1.17 bits per heavy atom. The molecule has 1 aromatic carbocycles. The van der Waals surface area contributed by atoms with Crippen LogP contribution in [0, 0.1) is 0 Å². The van der Waals surface area contributed by atoms with E-state index in [1.165, 1.54) is 24.2 Å². The van der Waals surface area contributed by atoms with E-state index in [2.05, 4.69) is 15.6 Å². The zero-order chi connectivity index (χ0) is 19.6. The monoisotopic (exact) mass is 511 g/mol. The molecular formula is C21H30IN5O2. The minimum Gasteiger partial charge on any atom is -0.370 e. The largest absolute Gasteiger partial charge is 0.370 e. The summed E-state index contributed by atoms with van der Waals surface area (Å²) >= 11 is 0. The number of rotatable bonds is 4. The first-order valence-electron chi connectivity index (χ1n) is 10.4. The second-order valence-electron chi connectivity index (χ2n) is 8.21. The van der Waals surface area contributed by atoms with Crippen molar-refractivity contribution in [2.75, 3.05) is 4.90 Å². The first-order valence-corrected chi connectivity index (χ1v) is 10.4. The van der Waals surface area contributed by atoms with Crippen LogP contribution < -0.4 is 21.3 Å². The van der Waals surface area contributed by atoms with E-state index < -0.39 is 5.54 Å². The molecule has 1 aliphatic heterocycles. The fraction of sp³-hybridized carbons (Fsp3) is 0.571. The number of hydrogen-bond donors (Lipinski definition) is 3. The predicted molar refractivity (Wildman–Crippen MR) is 124 cm³/mol. The third-order valence-corrected chi connectivity index (χ3v) is 6.18. The van der Waals surface area contributed by atoms with Gasteiger partial charge in [-0.05, 0) is 43.4 Å². The lowest BCUT2D eigenvalue weighted by molar-refractivity contribution is -0.121. The molecule has 4 N–H and O–H groups in total. The molecule has 3 amide bonds. The average Bonchev–Trinajstić information content (AvgIpc) is 3.26. The number of carbonyl (C=O) groups excluding carboxylic acids is 2. The van der Waals surface area contributed by atoms with E-state index in [1.807, 2.05) is 18.2 Å². The highest BCUT2D eigenvalue weighted by Gasteiger charge is 2.52. The van der Waals surface area contributed by atoms with Crippen LogP contribution in [0.2, 0.25) is 0 Å². The van der Waals surface area contributed by atoms with Gasteiger partial charge in [0.25, 0.3) is 5.91 Å². The fourth-order valence-electron chi connectivity index (χ4n) is 4.64. The van der Waals surface area contributed by atoms with Crippen LogP contribution in [0.4, 0.5) is 10.5 Å². The highest BCUT2D eigenvalue weighted by molar-refractivity contribution is 14.0. The number of halogens is 1. The number of carbonyl (C=O) groups is 2. The number of amides is 3. The number of nitrogens with zero attached hydrogens (tertiary/aromatic N) is 2. The molecule has 3 aliphatic rings. The van der Waals surface area contributed by atoms with Crippen LogP contribution in [0.3, 0.4) is 0 Å². The number of anilines is 1. The maximum absolute atomic E-state index is 12.9. The van der Waals surface area contributed by atoms with Crippen molar-refractivity contribution in [2.45, 2.75) is 75.9 Å². The fourth-order valence-corrected chi connectivity index (χ4v) is 4.64. The number of nitrogens with two attached hydrogens (primary N) is 1. The standard InChI is InChI=1S/C21H29N5O2.HI/c22-19(24-16-8-2-1-3-9-16)23-14-15-7-6-10-17(13-15)26-18(27)21(25-20(26)28)11-4-5-12-21;/h6-7,10,13,16H,1-5,8-9,11-12,14H2,(H,25,28)(H3,22,23,24);1H. The smallest absolute Gasteiger partial charge is 0.329 e. The molecule has 1 saturated heterocycles. The summed E-state index contributed by atoms with van der Waals surface area (Å²) < 4.78 is 0. The highest BCUT2D eigenvalue weighted by atomic mass is 127. The summed E-state index contributed by atoms with van der Waals surface area (Å²) in [4.78, 5) is 31.1. The molecule has 2 saturated carbocycles. The Bertz CT molecular complexity index is 785. The maximum atomic E-state index is 12.9. The van der Waals surface area contributed by atoms with Gasteiger partial charge in [-0.3, -0.25) is 4.79 Å². The van der Waals surface area contributed by atoms with E-state index in [-0.39, 0.29) is 35.9 Å². The van der Waals surface area contributed by atoms with Crippen molar-refractivity contribution in [2.24, 2.45) is 10.7 Å². The van der Waals surface area contributed by atoms with Gasteiger partial charge in [0.2, 0.25) is 0 Å². The number of nitrogens with one attached hydrogen (secondary N) is 2. The van der Waals surface area contributed by atoms with Gasteiger partial charge in [0.05, 0.1) is 12.2 Å². The number of hydrogen-bond acceptors (Lipinski definition) is 3. The van der Waals surface area contributed by atoms with Crippen LogP contribution in [-0.4, -0.2) is 29.5 Å². The van der Waals surface area contributed by atoms with Crippen LogP contribution >= 0.6 is 24.0 Å². The van der Waals surface area contributed by atoms with Gasteiger partial charge in [-0.15, -0.1) is 24.0 Å². The zero-order valence-corrected chi connectivity index (χ0v) is 19.0. The van der Waals surface area contributed by atoms with Gasteiger partial charge in [0.1, 0.15) is 5.54 Å². The molecule has 1 heterocycles. The van der Waals surface area contributed by atoms with E-state index in [0.717, 1.165) is 44.1 Å². The number of imide groups is 1. The lowest BCUT2D eigenvalue weighted by Crippen LogP contribution is -2.44. The van der Waals surface area contributed by atoms with Crippen molar-refractivity contribution in [3.05, 3.63) is 29.8 Å². The normalized spacial score (nSPS) is 21.9. The molecule has 4 rings (SSSR count). The molecule has 29 heavy (non-hydrogen) atoms. The van der Waals surface area contributed by atoms with E-state index in [4.69, 9.17) is 5.73 Å². The quantitative estimate of drug-likeness (QED) is 0.250. The molecule has 0 aromatic heterocycles. The summed E-state index contributed by atoms with van der Waals surface area (Å²) in [6.07, 6.45) is 9.44. The third kappa shape index (κ3) is 4.67. The predicted octanol–water partition coefficient (Wildman–Crippen LogP) is 3.41. The van der Waals surface area contributed by atoms with E-state index >= 15 is 0 Å². The zero-order valence-electron chi connectivity index (χ0n) is 16.7. The second-order valence-corrected chi connectivity index (χ2v) is 8.21. The first kappa shape index (κ1) is 21.9. The summed E-state index contributed by atoms with van der Waals surface area (Å²) in [5.74, 6) is 0.325. The molecule has 1 spiro atoms. The first-order chi connectivity index (χ1) is 13.6. The van der Waals surface area contributed by atoms with Crippen LogP contribution in [0.1, 0.15) is 63.4 Å². The van der Waals surface area contributed by atoms with E-state index in [9.17, 15) is 9.59 Å². The lowest BCUT2D eigenvalue weighted by atomic mass is 9.96. The van der Waals surface area contributed by atoms with Crippen LogP contribution in [0.25, 0.3) is 0 Å². The summed E-state index contributed by atoms with van der Waals surface area (Å²) in [5, 5.41) is 6.23. The number of benzene rings is 1. The molecule has 158 valence electrons. The molecule has 3 fully saturated rings. The Balaban J connectivity index is 0.00000240. The molecule has 0 radical (unpaired) electrons. The molecule has 0 bridgehead atoms. The van der Waals surface area contributed by atoms with Crippen molar-refractivity contribution >= 4 is 47.6 Å². The summed E-state index contributed by atoms with van der Waals surface area (Å²) in [6.45, 7) is 0.411. The molecule has 2 aliphatic carbocycles. The van der Waals surface area contributed by atoms with Crippen LogP contribution in [0.5, 0.6) is 0 Å². The summed E-state index contributed by atoms with van der Waals surface area (Å²) in [5.41, 5.74) is 6.86. The van der Waals surface area contributed by atoms with Gasteiger partial charge in [0.15, 0.2) is 5.96 Å². The summed E-state index contributed by atoms with van der Waals surface area (Å²) in [7, 11) is 0. The number of aliphatic imine (C=N–C) groups is 1. The van der Waals surface area contributed by atoms with Crippen molar-refractivity contribution in [1.29, 1.82) is 0 Å². The molecule has 1 aromatic rings. The molecule has 0 unspecified atom stereocenters. The van der Waals surface area contributed by atoms with Crippen molar-refractivity contribution in [3.63, 3.8) is 0 Å². The van der Waals surface area contributed by atoms with Gasteiger partial charge in [-0.1, -0.05) is 44.2 Å². The Hall–Kier alpha value is -1.84.